The van der Waals surface area contributed by atoms with Crippen LogP contribution in [0.25, 0.3) is 0 Å². The van der Waals surface area contributed by atoms with Crippen molar-refractivity contribution < 1.29 is 33.7 Å². The Bertz CT molecular complexity index is 754. The van der Waals surface area contributed by atoms with E-state index in [0.717, 1.165) is 0 Å². The van der Waals surface area contributed by atoms with Crippen molar-refractivity contribution in [1.82, 2.24) is 0 Å². The highest BCUT2D eigenvalue weighted by Crippen LogP contribution is 2.58. The fourth-order valence-electron chi connectivity index (χ4n) is 5.17. The lowest BCUT2D eigenvalue weighted by atomic mass is 9.53. The molecular formula is C22H30O7. The van der Waals surface area contributed by atoms with E-state index in [1.807, 2.05) is 20.8 Å². The highest BCUT2D eigenvalue weighted by molar-refractivity contribution is 5.91. The molecule has 0 aromatic rings. The Morgan fingerprint density at radius 3 is 2.55 bits per heavy atom. The number of fused-ring (bicyclic) bond motifs is 3. The van der Waals surface area contributed by atoms with Crippen molar-refractivity contribution in [3.8, 4) is 0 Å². The number of aliphatic hydroxyl groups is 1. The van der Waals surface area contributed by atoms with Crippen LogP contribution in [0.4, 0.5) is 0 Å². The quantitative estimate of drug-likeness (QED) is 0.331. The van der Waals surface area contributed by atoms with Crippen LogP contribution in [0.3, 0.4) is 0 Å². The number of hydrogen-bond acceptors (Lipinski definition) is 7. The van der Waals surface area contributed by atoms with Gasteiger partial charge in [0, 0.05) is 36.7 Å². The summed E-state index contributed by atoms with van der Waals surface area (Å²) in [6, 6.07) is 0. The Labute approximate surface area is 171 Å². The minimum Gasteiger partial charge on any atom is -0.462 e. The summed E-state index contributed by atoms with van der Waals surface area (Å²) < 4.78 is 16.8. The van der Waals surface area contributed by atoms with Crippen molar-refractivity contribution in [3.05, 3.63) is 24.3 Å². The van der Waals surface area contributed by atoms with Gasteiger partial charge in [0.15, 0.2) is 0 Å². The van der Waals surface area contributed by atoms with Crippen molar-refractivity contribution in [2.24, 2.45) is 23.2 Å². The highest BCUT2D eigenvalue weighted by atomic mass is 16.6. The summed E-state index contributed by atoms with van der Waals surface area (Å²) in [6.45, 7) is 15.0. The SMILES string of the molecule is C=C1C(=O)O[C@@H]2[C@@H]1[C@H](OC(=O)CC(C)C)C[C@@]1(C)[C@H](O)C[C@H](OC(C)=O)C(=C)[C@H]21. The number of rotatable bonds is 4. The molecule has 7 heteroatoms. The van der Waals surface area contributed by atoms with Gasteiger partial charge in [-0.15, -0.1) is 0 Å². The normalized spacial score (nSPS) is 38.9. The largest absolute Gasteiger partial charge is 0.462 e. The Kier molecular flexibility index (Phi) is 5.64. The van der Waals surface area contributed by atoms with Gasteiger partial charge in [0.1, 0.15) is 18.3 Å². The molecule has 1 aliphatic heterocycles. The van der Waals surface area contributed by atoms with E-state index in [1.165, 1.54) is 6.92 Å². The van der Waals surface area contributed by atoms with Gasteiger partial charge in [-0.2, -0.15) is 0 Å². The summed E-state index contributed by atoms with van der Waals surface area (Å²) in [4.78, 5) is 36.2. The summed E-state index contributed by atoms with van der Waals surface area (Å²) in [5.74, 6) is -2.17. The summed E-state index contributed by atoms with van der Waals surface area (Å²) in [5, 5.41) is 11.0. The maximum absolute atomic E-state index is 12.4. The monoisotopic (exact) mass is 406 g/mol. The van der Waals surface area contributed by atoms with E-state index in [0.29, 0.717) is 12.0 Å². The third kappa shape index (κ3) is 3.72. The van der Waals surface area contributed by atoms with Crippen molar-refractivity contribution in [1.29, 1.82) is 0 Å². The molecule has 0 unspecified atom stereocenters. The van der Waals surface area contributed by atoms with E-state index < -0.39 is 53.6 Å². The Morgan fingerprint density at radius 1 is 1.31 bits per heavy atom. The molecule has 7 nitrogen and oxygen atoms in total. The summed E-state index contributed by atoms with van der Waals surface area (Å²) in [7, 11) is 0. The molecule has 3 fully saturated rings. The van der Waals surface area contributed by atoms with Gasteiger partial charge in [0.25, 0.3) is 0 Å². The average molecular weight is 406 g/mol. The van der Waals surface area contributed by atoms with Gasteiger partial charge in [-0.25, -0.2) is 4.79 Å². The first-order chi connectivity index (χ1) is 13.5. The highest BCUT2D eigenvalue weighted by Gasteiger charge is 2.64. The molecule has 29 heavy (non-hydrogen) atoms. The van der Waals surface area contributed by atoms with E-state index in [1.54, 1.807) is 0 Å². The lowest BCUT2D eigenvalue weighted by Crippen LogP contribution is -2.60. The molecule has 0 spiro atoms. The third-order valence-electron chi connectivity index (χ3n) is 6.52. The van der Waals surface area contributed by atoms with Crippen LogP contribution in [0.1, 0.15) is 47.0 Å². The zero-order valence-corrected chi connectivity index (χ0v) is 17.5. The minimum atomic E-state index is -0.845. The number of esters is 3. The van der Waals surface area contributed by atoms with Gasteiger partial charge in [-0.1, -0.05) is 33.9 Å². The zero-order chi connectivity index (χ0) is 21.7. The molecule has 2 saturated carbocycles. The second kappa shape index (κ2) is 7.59. The number of aliphatic hydroxyl groups excluding tert-OH is 1. The molecule has 7 atom stereocenters. The van der Waals surface area contributed by atoms with Gasteiger partial charge in [0.2, 0.25) is 0 Å². The second-order valence-corrected chi connectivity index (χ2v) is 9.16. The standard InChI is InChI=1S/C22H30O7/c1-10(2)7-17(25)28-15-9-22(6)16(24)8-14(27-13(5)23)11(3)19(22)20-18(15)12(4)21(26)29-20/h10,14-16,18-20,24H,3-4,7-9H2,1-2,5-6H3/t14-,15+,16+,18-,19+,20+,22-/m0/s1. The van der Waals surface area contributed by atoms with E-state index in [-0.39, 0.29) is 30.3 Å². The topological polar surface area (TPSA) is 99.1 Å². The van der Waals surface area contributed by atoms with Crippen LogP contribution in [0.2, 0.25) is 0 Å². The predicted octanol–water partition coefficient (Wildman–Crippen LogP) is 2.32. The summed E-state index contributed by atoms with van der Waals surface area (Å²) >= 11 is 0. The maximum atomic E-state index is 12.4. The first-order valence-electron chi connectivity index (χ1n) is 10.1. The van der Waals surface area contributed by atoms with Crippen LogP contribution in [0.15, 0.2) is 24.3 Å². The molecule has 0 bridgehead atoms. The zero-order valence-electron chi connectivity index (χ0n) is 17.5. The van der Waals surface area contributed by atoms with Crippen molar-refractivity contribution in [3.63, 3.8) is 0 Å². The third-order valence-corrected chi connectivity index (χ3v) is 6.52. The number of carbonyl (C=O) groups excluding carboxylic acids is 3. The molecule has 0 amide bonds. The molecule has 3 rings (SSSR count). The Morgan fingerprint density at radius 2 is 1.97 bits per heavy atom. The fraction of sp³-hybridized carbons (Fsp3) is 0.682. The first kappa shape index (κ1) is 21.6. The van der Waals surface area contributed by atoms with Crippen LogP contribution < -0.4 is 0 Å². The number of ether oxygens (including phenoxy) is 3. The molecule has 3 aliphatic rings. The molecule has 1 saturated heterocycles. The fourth-order valence-corrected chi connectivity index (χ4v) is 5.17. The van der Waals surface area contributed by atoms with E-state index in [9.17, 15) is 19.5 Å². The summed E-state index contributed by atoms with van der Waals surface area (Å²) in [6.07, 6.45) is -2.00. The second-order valence-electron chi connectivity index (χ2n) is 9.16. The van der Waals surface area contributed by atoms with Crippen LogP contribution in [0.5, 0.6) is 0 Å². The molecule has 0 aromatic carbocycles. The molecule has 0 aromatic heterocycles. The van der Waals surface area contributed by atoms with Crippen LogP contribution in [-0.2, 0) is 28.6 Å². The smallest absolute Gasteiger partial charge is 0.334 e. The molecule has 2 aliphatic carbocycles. The van der Waals surface area contributed by atoms with Crippen molar-refractivity contribution >= 4 is 17.9 Å². The van der Waals surface area contributed by atoms with Gasteiger partial charge in [-0.3, -0.25) is 9.59 Å². The lowest BCUT2D eigenvalue weighted by molar-refractivity contribution is -0.188. The van der Waals surface area contributed by atoms with Gasteiger partial charge in [-0.05, 0) is 17.9 Å². The Balaban J connectivity index is 1.95. The average Bonchev–Trinajstić information content (AvgIpc) is 2.86. The van der Waals surface area contributed by atoms with E-state index in [4.69, 9.17) is 14.2 Å². The number of hydrogen-bond donors (Lipinski definition) is 1. The van der Waals surface area contributed by atoms with Crippen LogP contribution in [0, 0.1) is 23.2 Å². The van der Waals surface area contributed by atoms with E-state index in [2.05, 4.69) is 13.2 Å². The van der Waals surface area contributed by atoms with Gasteiger partial charge in [0.05, 0.1) is 12.0 Å². The van der Waals surface area contributed by atoms with Crippen LogP contribution in [-0.4, -0.2) is 47.4 Å². The first-order valence-corrected chi connectivity index (χ1v) is 10.1. The maximum Gasteiger partial charge on any atom is 0.334 e. The van der Waals surface area contributed by atoms with Crippen molar-refractivity contribution in [2.75, 3.05) is 0 Å². The summed E-state index contributed by atoms with van der Waals surface area (Å²) in [5.41, 5.74) is 0.122. The van der Waals surface area contributed by atoms with Gasteiger partial charge >= 0.3 is 17.9 Å². The lowest BCUT2D eigenvalue weighted by Gasteiger charge is -2.55. The Hall–Kier alpha value is -2.15. The van der Waals surface area contributed by atoms with Gasteiger partial charge < -0.3 is 19.3 Å². The molecular weight excluding hydrogens is 376 g/mol. The number of carbonyl (C=O) groups is 3. The molecule has 0 radical (unpaired) electrons. The molecule has 160 valence electrons. The minimum absolute atomic E-state index is 0.138. The predicted molar refractivity (Wildman–Crippen MR) is 103 cm³/mol. The molecule has 1 N–H and O–H groups in total. The van der Waals surface area contributed by atoms with E-state index >= 15 is 0 Å². The van der Waals surface area contributed by atoms with Crippen molar-refractivity contribution in [2.45, 2.75) is 71.4 Å². The van der Waals surface area contributed by atoms with Crippen LogP contribution >= 0.6 is 0 Å². The molecule has 1 heterocycles.